The number of benzene rings is 3. The van der Waals surface area contributed by atoms with Crippen LogP contribution in [-0.4, -0.2) is 27.9 Å². The topological polar surface area (TPSA) is 53.4 Å². The first-order valence-electron chi connectivity index (χ1n) is 10.7. The number of halogens is 2. The van der Waals surface area contributed by atoms with Crippen molar-refractivity contribution < 1.29 is 39.1 Å². The predicted molar refractivity (Wildman–Crippen MR) is 126 cm³/mol. The zero-order valence-corrected chi connectivity index (χ0v) is 21.2. The third kappa shape index (κ3) is 6.87. The van der Waals surface area contributed by atoms with Crippen LogP contribution in [0.15, 0.2) is 66.9 Å². The monoisotopic (exact) mass is 629 g/mol. The van der Waals surface area contributed by atoms with Crippen molar-refractivity contribution in [3.8, 4) is 11.3 Å². The number of aliphatic hydroxyl groups excluding tert-OH is 2. The van der Waals surface area contributed by atoms with Gasteiger partial charge in [0.15, 0.2) is 0 Å². The Hall–Kier alpha value is -2.24. The van der Waals surface area contributed by atoms with E-state index in [1.54, 1.807) is 0 Å². The Bertz CT molecular complexity index is 1190. The largest absolute Gasteiger partial charge is 0.364 e. The average molecular weight is 629 g/mol. The molecule has 1 heterocycles. The molecule has 2 N–H and O–H groups in total. The number of hydrogen-bond donors (Lipinski definition) is 2. The van der Waals surface area contributed by atoms with Gasteiger partial charge in [0.2, 0.25) is 12.7 Å². The van der Waals surface area contributed by atoms with Gasteiger partial charge in [-0.25, -0.2) is 8.78 Å². The molecule has 0 spiro atoms. The number of aliphatic hydroxyl groups is 2. The summed E-state index contributed by atoms with van der Waals surface area (Å²) in [6.07, 6.45) is -2.34. The van der Waals surface area contributed by atoms with E-state index in [-0.39, 0.29) is 25.5 Å². The summed E-state index contributed by atoms with van der Waals surface area (Å²) < 4.78 is 22.2. The van der Waals surface area contributed by atoms with Gasteiger partial charge in [0, 0.05) is 26.3 Å². The summed E-state index contributed by atoms with van der Waals surface area (Å²) in [5, 5.41) is 20.3. The molecule has 1 aromatic heterocycles. The molecule has 6 heteroatoms. The minimum Gasteiger partial charge on any atom is -0.364 e. The molecule has 0 saturated carbocycles. The molecule has 2 unspecified atom stereocenters. The molecule has 0 aliphatic rings. The van der Waals surface area contributed by atoms with E-state index in [2.05, 4.69) is 92.5 Å². The van der Waals surface area contributed by atoms with Crippen molar-refractivity contribution in [2.24, 2.45) is 0 Å². The van der Waals surface area contributed by atoms with Gasteiger partial charge in [-0.1, -0.05) is 74.0 Å². The maximum absolute atomic E-state index is 11.1. The summed E-state index contributed by atoms with van der Waals surface area (Å²) >= 11 is 0. The van der Waals surface area contributed by atoms with E-state index in [4.69, 9.17) is 10.2 Å². The van der Waals surface area contributed by atoms with Crippen molar-refractivity contribution in [2.75, 3.05) is 0 Å². The van der Waals surface area contributed by atoms with Crippen molar-refractivity contribution in [1.29, 1.82) is 0 Å². The second-order valence-corrected chi connectivity index (χ2v) is 8.41. The minimum atomic E-state index is -2.25. The van der Waals surface area contributed by atoms with Crippen LogP contribution in [0.1, 0.15) is 39.2 Å². The minimum absolute atomic E-state index is 0. The van der Waals surface area contributed by atoms with Crippen molar-refractivity contribution in [2.45, 2.75) is 51.7 Å². The van der Waals surface area contributed by atoms with Crippen LogP contribution in [0.5, 0.6) is 0 Å². The molecule has 0 fully saturated rings. The van der Waals surface area contributed by atoms with E-state index >= 15 is 0 Å². The van der Waals surface area contributed by atoms with Crippen molar-refractivity contribution in [1.82, 2.24) is 4.98 Å². The summed E-state index contributed by atoms with van der Waals surface area (Å²) in [7, 11) is 0. The van der Waals surface area contributed by atoms with Gasteiger partial charge in [0.05, 0.1) is 6.42 Å². The van der Waals surface area contributed by atoms with E-state index in [0.717, 1.165) is 17.7 Å². The first-order chi connectivity index (χ1) is 15.2. The molecule has 33 heavy (non-hydrogen) atoms. The van der Waals surface area contributed by atoms with Gasteiger partial charge in [0.1, 0.15) is 0 Å². The van der Waals surface area contributed by atoms with Crippen LogP contribution in [0.2, 0.25) is 0 Å². The Balaban J connectivity index is 0.000000423. The molecule has 4 rings (SSSR count). The fourth-order valence-corrected chi connectivity index (χ4v) is 3.45. The number of nitrogens with zero attached hydrogens (tertiary/aromatic N) is 1. The van der Waals surface area contributed by atoms with Gasteiger partial charge in [-0.3, -0.25) is 0 Å². The van der Waals surface area contributed by atoms with Crippen LogP contribution in [0.3, 0.4) is 0 Å². The number of alkyl halides is 2. The molecule has 0 aliphatic carbocycles. The maximum Gasteiger partial charge on any atom is 0.201 e. The summed E-state index contributed by atoms with van der Waals surface area (Å²) in [4.78, 5) is 4.61. The smallest absolute Gasteiger partial charge is 0.201 e. The zero-order valence-electron chi connectivity index (χ0n) is 18.9. The number of hydrogen-bond acceptors (Lipinski definition) is 3. The molecule has 1 radical (unpaired) electrons. The van der Waals surface area contributed by atoms with Crippen LogP contribution in [-0.2, 0) is 25.5 Å². The molecular weight excluding hydrogens is 601 g/mol. The second kappa shape index (κ2) is 11.8. The SMILES string of the molecule is CCC(C)(C)c1ccnc(-c2[c-]cc3ccc4ccccc4c3c2)c1.OC(F)CC(O)F.[Ir]. The van der Waals surface area contributed by atoms with Crippen LogP contribution < -0.4 is 0 Å². The summed E-state index contributed by atoms with van der Waals surface area (Å²) in [5.74, 6) is 0. The Labute approximate surface area is 206 Å². The van der Waals surface area contributed by atoms with Crippen LogP contribution >= 0.6 is 0 Å². The summed E-state index contributed by atoms with van der Waals surface area (Å²) in [5.41, 5.74) is 3.53. The van der Waals surface area contributed by atoms with Crippen molar-refractivity contribution >= 4 is 21.5 Å². The molecule has 0 aliphatic heterocycles. The maximum atomic E-state index is 11.1. The second-order valence-electron chi connectivity index (χ2n) is 8.41. The Morgan fingerprint density at radius 2 is 1.61 bits per heavy atom. The van der Waals surface area contributed by atoms with E-state index in [9.17, 15) is 8.78 Å². The molecule has 2 atom stereocenters. The molecule has 0 amide bonds. The van der Waals surface area contributed by atoms with Gasteiger partial charge < -0.3 is 15.2 Å². The van der Waals surface area contributed by atoms with Crippen LogP contribution in [0.25, 0.3) is 32.8 Å². The first-order valence-corrected chi connectivity index (χ1v) is 10.7. The third-order valence-corrected chi connectivity index (χ3v) is 5.77. The van der Waals surface area contributed by atoms with Gasteiger partial charge in [-0.15, -0.1) is 23.8 Å². The average Bonchev–Trinajstić information content (AvgIpc) is 2.78. The van der Waals surface area contributed by atoms with E-state index in [0.29, 0.717) is 0 Å². The summed E-state index contributed by atoms with van der Waals surface area (Å²) in [6, 6.07) is 24.9. The summed E-state index contributed by atoms with van der Waals surface area (Å²) in [6.45, 7) is 6.79. The van der Waals surface area contributed by atoms with E-state index in [1.165, 1.54) is 27.1 Å². The van der Waals surface area contributed by atoms with E-state index < -0.39 is 19.1 Å². The number of aromatic nitrogens is 1. The first kappa shape index (κ1) is 27.0. The molecule has 0 bridgehead atoms. The van der Waals surface area contributed by atoms with Gasteiger partial charge in [-0.2, -0.15) is 0 Å². The quantitative estimate of drug-likeness (QED) is 0.196. The molecular formula is C27H28F2IrNO2-. The Morgan fingerprint density at radius 1 is 0.939 bits per heavy atom. The van der Waals surface area contributed by atoms with Gasteiger partial charge in [0.25, 0.3) is 0 Å². The zero-order chi connectivity index (χ0) is 23.3. The van der Waals surface area contributed by atoms with Crippen LogP contribution in [0.4, 0.5) is 8.78 Å². The molecule has 4 aromatic rings. The molecule has 3 aromatic carbocycles. The van der Waals surface area contributed by atoms with Crippen molar-refractivity contribution in [3.63, 3.8) is 0 Å². The van der Waals surface area contributed by atoms with Crippen molar-refractivity contribution in [3.05, 3.63) is 78.5 Å². The molecule has 177 valence electrons. The Kier molecular flexibility index (Phi) is 9.62. The number of rotatable bonds is 5. The predicted octanol–water partition coefficient (Wildman–Crippen LogP) is 6.49. The van der Waals surface area contributed by atoms with E-state index in [1.807, 2.05) is 6.20 Å². The van der Waals surface area contributed by atoms with Gasteiger partial charge >= 0.3 is 0 Å². The standard InChI is InChI=1S/C24H22N.C3H6F2O2.Ir/c1-4-24(2,3)20-13-14-25-23(16-20)19-12-11-18-10-9-17-7-5-6-8-21(17)22(18)15-19;4-2(6)1-3(5)7;/h5-11,13-16H,4H2,1-3H3;2-3,6-7H,1H2;/q-1;;. The van der Waals surface area contributed by atoms with Crippen LogP contribution in [0, 0.1) is 6.07 Å². The normalized spacial score (nSPS) is 13.1. The Morgan fingerprint density at radius 3 is 2.24 bits per heavy atom. The third-order valence-electron chi connectivity index (χ3n) is 5.77. The number of fused-ring (bicyclic) bond motifs is 3. The fraction of sp³-hybridized carbons (Fsp3) is 0.296. The fourth-order valence-electron chi connectivity index (χ4n) is 3.45. The molecule has 0 saturated heterocycles. The number of pyridine rings is 1. The van der Waals surface area contributed by atoms with Gasteiger partial charge in [-0.05, 0) is 39.9 Å². The molecule has 3 nitrogen and oxygen atoms in total.